The van der Waals surface area contributed by atoms with Gasteiger partial charge in [-0.05, 0) is 50.1 Å². The molecule has 0 saturated carbocycles. The van der Waals surface area contributed by atoms with Gasteiger partial charge < -0.3 is 10.9 Å². The molecule has 0 amide bonds. The average molecular weight is 299 g/mol. The van der Waals surface area contributed by atoms with Crippen LogP contribution in [-0.4, -0.2) is 41.0 Å². The lowest BCUT2D eigenvalue weighted by Gasteiger charge is -2.25. The third-order valence-electron chi connectivity index (χ3n) is 3.37. The minimum absolute atomic E-state index is 0.0651. The van der Waals surface area contributed by atoms with Crippen molar-refractivity contribution in [3.05, 3.63) is 35.1 Å². The summed E-state index contributed by atoms with van der Waals surface area (Å²) >= 11 is 1.82. The highest BCUT2D eigenvalue weighted by molar-refractivity contribution is 7.98. The van der Waals surface area contributed by atoms with Crippen molar-refractivity contribution in [1.29, 1.82) is 0 Å². The largest absolute Gasteiger partial charge is 0.409 e. The normalized spacial score (nSPS) is 13.8. The molecule has 3 N–H and O–H groups in total. The van der Waals surface area contributed by atoms with E-state index in [9.17, 15) is 4.39 Å². The summed E-state index contributed by atoms with van der Waals surface area (Å²) in [7, 11) is 2.02. The molecule has 1 rings (SSSR count). The zero-order valence-electron chi connectivity index (χ0n) is 12.1. The average Bonchev–Trinajstić information content (AvgIpc) is 2.45. The van der Waals surface area contributed by atoms with Gasteiger partial charge in [0.25, 0.3) is 0 Å². The molecule has 112 valence electrons. The van der Waals surface area contributed by atoms with Crippen molar-refractivity contribution in [3.8, 4) is 0 Å². The minimum atomic E-state index is -0.395. The molecule has 0 saturated heterocycles. The lowest BCUT2D eigenvalue weighted by atomic mass is 10.0. The van der Waals surface area contributed by atoms with Gasteiger partial charge in [-0.25, -0.2) is 4.39 Å². The highest BCUT2D eigenvalue weighted by Gasteiger charge is 2.14. The molecule has 0 aliphatic rings. The minimum Gasteiger partial charge on any atom is -0.409 e. The Morgan fingerprint density at radius 1 is 1.55 bits per heavy atom. The summed E-state index contributed by atoms with van der Waals surface area (Å²) in [5, 5.41) is 11.8. The summed E-state index contributed by atoms with van der Waals surface area (Å²) in [4.78, 5) is 2.18. The number of nitrogens with zero attached hydrogens (tertiary/aromatic N) is 2. The van der Waals surface area contributed by atoms with Crippen molar-refractivity contribution in [2.45, 2.75) is 25.9 Å². The van der Waals surface area contributed by atoms with E-state index < -0.39 is 5.82 Å². The van der Waals surface area contributed by atoms with Crippen molar-refractivity contribution >= 4 is 17.6 Å². The first-order valence-electron chi connectivity index (χ1n) is 6.45. The molecule has 0 aliphatic carbocycles. The molecule has 1 aromatic rings. The first-order valence-corrected chi connectivity index (χ1v) is 7.84. The molecule has 4 nitrogen and oxygen atoms in total. The Morgan fingerprint density at radius 2 is 2.25 bits per heavy atom. The van der Waals surface area contributed by atoms with E-state index in [-0.39, 0.29) is 5.84 Å². The molecule has 0 heterocycles. The molecule has 1 aromatic carbocycles. The fourth-order valence-corrected chi connectivity index (χ4v) is 2.49. The zero-order chi connectivity index (χ0) is 15.1. The summed E-state index contributed by atoms with van der Waals surface area (Å²) in [6.07, 6.45) is 3.17. The monoisotopic (exact) mass is 299 g/mol. The Balaban J connectivity index is 2.86. The van der Waals surface area contributed by atoms with Crippen LogP contribution < -0.4 is 5.73 Å². The molecule has 1 atom stereocenters. The van der Waals surface area contributed by atoms with Gasteiger partial charge in [-0.15, -0.1) is 0 Å². The molecular weight excluding hydrogens is 277 g/mol. The summed E-state index contributed by atoms with van der Waals surface area (Å²) in [5.41, 5.74) is 6.90. The highest BCUT2D eigenvalue weighted by Crippen LogP contribution is 2.16. The molecule has 0 aromatic heterocycles. The molecular formula is C14H22FN3OS. The molecule has 1 unspecified atom stereocenters. The SMILES string of the molecule is CSCCC(C)N(C)Cc1ccc(F)cc1/C(N)=N/O. The van der Waals surface area contributed by atoms with Gasteiger partial charge in [-0.3, -0.25) is 4.90 Å². The molecule has 0 radical (unpaired) electrons. The van der Waals surface area contributed by atoms with E-state index in [0.29, 0.717) is 18.2 Å². The van der Waals surface area contributed by atoms with Gasteiger partial charge in [0, 0.05) is 18.2 Å². The number of nitrogens with two attached hydrogens (primary N) is 1. The number of halogens is 1. The molecule has 20 heavy (non-hydrogen) atoms. The van der Waals surface area contributed by atoms with E-state index in [0.717, 1.165) is 17.7 Å². The number of oxime groups is 1. The maximum atomic E-state index is 13.3. The third kappa shape index (κ3) is 4.68. The Hall–Kier alpha value is -1.27. The standard InChI is InChI=1S/C14H22FN3OS/c1-10(6-7-20-3)18(2)9-11-4-5-12(15)8-13(11)14(16)17-19/h4-5,8,10,19H,6-7,9H2,1-3H3,(H2,16,17). The molecule has 6 heteroatoms. The van der Waals surface area contributed by atoms with Crippen molar-refractivity contribution in [2.24, 2.45) is 10.9 Å². The summed E-state index contributed by atoms with van der Waals surface area (Å²) in [6.45, 7) is 2.78. The van der Waals surface area contributed by atoms with Crippen molar-refractivity contribution in [2.75, 3.05) is 19.1 Å². The van der Waals surface area contributed by atoms with Crippen LogP contribution in [0.15, 0.2) is 23.4 Å². The lowest BCUT2D eigenvalue weighted by Crippen LogP contribution is -2.30. The van der Waals surface area contributed by atoms with E-state index in [1.165, 1.54) is 12.1 Å². The van der Waals surface area contributed by atoms with Crippen LogP contribution in [0.2, 0.25) is 0 Å². The Kier molecular flexibility index (Phi) is 6.81. The van der Waals surface area contributed by atoms with E-state index in [4.69, 9.17) is 10.9 Å². The van der Waals surface area contributed by atoms with E-state index in [1.54, 1.807) is 6.07 Å². The second-order valence-electron chi connectivity index (χ2n) is 4.83. The number of thioether (sulfide) groups is 1. The predicted molar refractivity (Wildman–Crippen MR) is 82.8 cm³/mol. The number of benzene rings is 1. The first kappa shape index (κ1) is 16.8. The third-order valence-corrected chi connectivity index (χ3v) is 4.01. The Morgan fingerprint density at radius 3 is 2.85 bits per heavy atom. The highest BCUT2D eigenvalue weighted by atomic mass is 32.2. The number of hydrogen-bond acceptors (Lipinski definition) is 4. The van der Waals surface area contributed by atoms with E-state index in [1.807, 2.05) is 18.8 Å². The van der Waals surface area contributed by atoms with Gasteiger partial charge in [-0.2, -0.15) is 11.8 Å². The molecule has 0 aliphatic heterocycles. The number of amidine groups is 1. The van der Waals surface area contributed by atoms with E-state index in [2.05, 4.69) is 23.2 Å². The van der Waals surface area contributed by atoms with Crippen LogP contribution in [0, 0.1) is 5.82 Å². The van der Waals surface area contributed by atoms with Gasteiger partial charge in [0.05, 0.1) is 0 Å². The van der Waals surface area contributed by atoms with Crippen LogP contribution in [0.25, 0.3) is 0 Å². The Bertz CT molecular complexity index is 468. The van der Waals surface area contributed by atoms with E-state index >= 15 is 0 Å². The molecule has 0 bridgehead atoms. The van der Waals surface area contributed by atoms with Gasteiger partial charge in [-0.1, -0.05) is 11.2 Å². The van der Waals surface area contributed by atoms with Crippen LogP contribution in [0.1, 0.15) is 24.5 Å². The maximum Gasteiger partial charge on any atom is 0.170 e. The summed E-state index contributed by atoms with van der Waals surface area (Å²) in [6, 6.07) is 4.78. The van der Waals surface area contributed by atoms with Crippen molar-refractivity contribution < 1.29 is 9.60 Å². The zero-order valence-corrected chi connectivity index (χ0v) is 13.0. The molecule has 0 spiro atoms. The molecule has 0 fully saturated rings. The van der Waals surface area contributed by atoms with Gasteiger partial charge in [0.15, 0.2) is 5.84 Å². The van der Waals surface area contributed by atoms with Crippen LogP contribution in [-0.2, 0) is 6.54 Å². The van der Waals surface area contributed by atoms with Crippen LogP contribution in [0.4, 0.5) is 4.39 Å². The van der Waals surface area contributed by atoms with Crippen LogP contribution >= 0.6 is 11.8 Å². The topological polar surface area (TPSA) is 61.8 Å². The van der Waals surface area contributed by atoms with Crippen LogP contribution in [0.3, 0.4) is 0 Å². The maximum absolute atomic E-state index is 13.3. The fourth-order valence-electron chi connectivity index (χ4n) is 1.91. The van der Waals surface area contributed by atoms with Gasteiger partial charge in [0.2, 0.25) is 0 Å². The smallest absolute Gasteiger partial charge is 0.170 e. The van der Waals surface area contributed by atoms with Crippen molar-refractivity contribution in [3.63, 3.8) is 0 Å². The second-order valence-corrected chi connectivity index (χ2v) is 5.82. The number of rotatable bonds is 7. The lowest BCUT2D eigenvalue weighted by molar-refractivity contribution is 0.245. The van der Waals surface area contributed by atoms with Crippen LogP contribution in [0.5, 0.6) is 0 Å². The second kappa shape index (κ2) is 8.11. The quantitative estimate of drug-likeness (QED) is 0.351. The summed E-state index contributed by atoms with van der Waals surface area (Å²) in [5.74, 6) is 0.639. The first-order chi connectivity index (χ1) is 9.49. The van der Waals surface area contributed by atoms with Crippen molar-refractivity contribution in [1.82, 2.24) is 4.90 Å². The number of hydrogen-bond donors (Lipinski definition) is 2. The Labute approximate surface area is 123 Å². The fraction of sp³-hybridized carbons (Fsp3) is 0.500. The predicted octanol–water partition coefficient (Wildman–Crippen LogP) is 2.49. The van der Waals surface area contributed by atoms with Gasteiger partial charge in [0.1, 0.15) is 5.82 Å². The van der Waals surface area contributed by atoms with Gasteiger partial charge >= 0.3 is 0 Å². The summed E-state index contributed by atoms with van der Waals surface area (Å²) < 4.78 is 13.3.